The van der Waals surface area contributed by atoms with Crippen molar-refractivity contribution in [3.63, 3.8) is 0 Å². The first-order valence-electron chi connectivity index (χ1n) is 9.97. The van der Waals surface area contributed by atoms with Crippen LogP contribution in [0.1, 0.15) is 25.7 Å². The van der Waals surface area contributed by atoms with Crippen LogP contribution in [0.15, 0.2) is 70.5 Å². The maximum Gasteiger partial charge on any atom is 0.243 e. The van der Waals surface area contributed by atoms with Crippen molar-refractivity contribution >= 4 is 25.8 Å². The van der Waals surface area contributed by atoms with Gasteiger partial charge in [0.25, 0.3) is 0 Å². The molecule has 1 amide bonds. The van der Waals surface area contributed by atoms with Gasteiger partial charge in [0.15, 0.2) is 9.84 Å². The van der Waals surface area contributed by atoms with Gasteiger partial charge in [-0.15, -0.1) is 0 Å². The normalized spacial score (nSPS) is 25.7. The predicted molar refractivity (Wildman–Crippen MR) is 112 cm³/mol. The molecular weight excluding hydrogens is 424 g/mol. The molecule has 7 nitrogen and oxygen atoms in total. The highest BCUT2D eigenvalue weighted by Gasteiger charge is 2.48. The van der Waals surface area contributed by atoms with E-state index in [9.17, 15) is 21.6 Å². The fraction of sp³-hybridized carbons (Fsp3) is 0.381. The molecule has 1 aliphatic heterocycles. The Hall–Kier alpha value is -2.23. The second kappa shape index (κ2) is 8.13. The van der Waals surface area contributed by atoms with Gasteiger partial charge in [0.1, 0.15) is 5.37 Å². The van der Waals surface area contributed by atoms with E-state index in [1.165, 1.54) is 28.6 Å². The molecule has 2 fully saturated rings. The topological polar surface area (TPSA) is 101 Å². The summed E-state index contributed by atoms with van der Waals surface area (Å²) in [5.41, 5.74) is 0. The first kappa shape index (κ1) is 21.0. The zero-order chi connectivity index (χ0) is 21.4. The standard InChI is InChI=1S/C21H24N2O5S2/c24-20-15-23(30(27,28)17-11-5-2-6-12-17)19-14-8-7-13-18(19)21(22-20)29(25,26)16-9-3-1-4-10-16/h1-6,9-12,18-19,21H,7-8,13-15H2,(H,22,24)/t18-,19-,21?/m1/s1. The Balaban J connectivity index is 1.78. The number of fused-ring (bicyclic) bond motifs is 1. The number of rotatable bonds is 4. The van der Waals surface area contributed by atoms with Crippen LogP contribution in [-0.4, -0.2) is 45.0 Å². The number of sulfone groups is 1. The molecule has 2 aliphatic rings. The largest absolute Gasteiger partial charge is 0.338 e. The van der Waals surface area contributed by atoms with Crippen LogP contribution in [0, 0.1) is 5.92 Å². The molecule has 1 aliphatic carbocycles. The average molecular weight is 449 g/mol. The van der Waals surface area contributed by atoms with E-state index in [1.807, 2.05) is 0 Å². The number of hydrogen-bond acceptors (Lipinski definition) is 5. The summed E-state index contributed by atoms with van der Waals surface area (Å²) in [5, 5.41) is 1.48. The SMILES string of the molecule is O=C1CN(S(=O)(=O)c2ccccc2)[C@@H]2CCCC[C@H]2C(S(=O)(=O)c2ccccc2)N1. The number of nitrogens with one attached hydrogen (secondary N) is 1. The molecule has 1 N–H and O–H groups in total. The Kier molecular flexibility index (Phi) is 5.69. The maximum atomic E-state index is 13.4. The summed E-state index contributed by atoms with van der Waals surface area (Å²) in [6.45, 7) is -0.390. The number of amides is 1. The van der Waals surface area contributed by atoms with Gasteiger partial charge < -0.3 is 5.32 Å². The molecule has 160 valence electrons. The third-order valence-electron chi connectivity index (χ3n) is 5.90. The number of benzene rings is 2. The molecule has 1 saturated carbocycles. The van der Waals surface area contributed by atoms with Crippen LogP contribution in [0.2, 0.25) is 0 Å². The molecule has 1 saturated heterocycles. The Morgan fingerprint density at radius 3 is 2.00 bits per heavy atom. The van der Waals surface area contributed by atoms with E-state index in [0.717, 1.165) is 12.8 Å². The minimum atomic E-state index is -3.94. The zero-order valence-corrected chi connectivity index (χ0v) is 18.0. The fourth-order valence-electron chi connectivity index (χ4n) is 4.48. The molecule has 0 radical (unpaired) electrons. The van der Waals surface area contributed by atoms with E-state index in [4.69, 9.17) is 0 Å². The monoisotopic (exact) mass is 448 g/mol. The molecule has 1 unspecified atom stereocenters. The summed E-state index contributed by atoms with van der Waals surface area (Å²) in [6, 6.07) is 15.4. The number of nitrogens with zero attached hydrogens (tertiary/aromatic N) is 1. The van der Waals surface area contributed by atoms with Crippen LogP contribution in [-0.2, 0) is 24.7 Å². The van der Waals surface area contributed by atoms with E-state index in [1.54, 1.807) is 36.4 Å². The maximum absolute atomic E-state index is 13.4. The molecule has 2 aromatic rings. The minimum absolute atomic E-state index is 0.103. The third kappa shape index (κ3) is 3.77. The Bertz CT molecular complexity index is 1030. The van der Waals surface area contributed by atoms with Crippen LogP contribution in [0.5, 0.6) is 0 Å². The molecule has 2 aromatic carbocycles. The Morgan fingerprint density at radius 1 is 0.800 bits per heavy atom. The van der Waals surface area contributed by atoms with Crippen molar-refractivity contribution in [2.45, 2.75) is 46.9 Å². The van der Waals surface area contributed by atoms with Crippen molar-refractivity contribution in [3.8, 4) is 0 Å². The van der Waals surface area contributed by atoms with Gasteiger partial charge in [0.2, 0.25) is 15.9 Å². The lowest BCUT2D eigenvalue weighted by atomic mass is 9.84. The van der Waals surface area contributed by atoms with E-state index in [2.05, 4.69) is 5.32 Å². The van der Waals surface area contributed by atoms with E-state index < -0.39 is 43.1 Å². The lowest BCUT2D eigenvalue weighted by Gasteiger charge is -2.39. The van der Waals surface area contributed by atoms with Gasteiger partial charge >= 0.3 is 0 Å². The van der Waals surface area contributed by atoms with Crippen molar-refractivity contribution in [3.05, 3.63) is 60.7 Å². The molecule has 0 bridgehead atoms. The summed E-state index contributed by atoms with van der Waals surface area (Å²) < 4.78 is 54.7. The number of carbonyl (C=O) groups is 1. The van der Waals surface area contributed by atoms with Crippen LogP contribution < -0.4 is 5.32 Å². The van der Waals surface area contributed by atoms with Gasteiger partial charge in [-0.2, -0.15) is 4.31 Å². The summed E-state index contributed by atoms with van der Waals surface area (Å²) in [7, 11) is -7.82. The van der Waals surface area contributed by atoms with Gasteiger partial charge in [-0.1, -0.05) is 49.2 Å². The molecule has 30 heavy (non-hydrogen) atoms. The molecule has 1 heterocycles. The lowest BCUT2D eigenvalue weighted by molar-refractivity contribution is -0.121. The van der Waals surface area contributed by atoms with Crippen molar-refractivity contribution < 1.29 is 21.6 Å². The van der Waals surface area contributed by atoms with Gasteiger partial charge in [-0.25, -0.2) is 16.8 Å². The van der Waals surface area contributed by atoms with Crippen LogP contribution in [0.4, 0.5) is 0 Å². The van der Waals surface area contributed by atoms with Crippen LogP contribution in [0.25, 0.3) is 0 Å². The predicted octanol–water partition coefficient (Wildman–Crippen LogP) is 2.17. The van der Waals surface area contributed by atoms with Crippen molar-refractivity contribution in [1.82, 2.24) is 9.62 Å². The summed E-state index contributed by atoms with van der Waals surface area (Å²) in [5.74, 6) is -1.12. The molecule has 4 rings (SSSR count). The van der Waals surface area contributed by atoms with E-state index in [-0.39, 0.29) is 16.3 Å². The van der Waals surface area contributed by atoms with Crippen LogP contribution in [0.3, 0.4) is 0 Å². The second-order valence-electron chi connectivity index (χ2n) is 7.73. The highest BCUT2D eigenvalue weighted by atomic mass is 32.2. The first-order valence-corrected chi connectivity index (χ1v) is 13.0. The minimum Gasteiger partial charge on any atom is -0.338 e. The van der Waals surface area contributed by atoms with Gasteiger partial charge in [-0.3, -0.25) is 4.79 Å². The summed E-state index contributed by atoms with van der Waals surface area (Å²) >= 11 is 0. The third-order valence-corrected chi connectivity index (χ3v) is 9.85. The van der Waals surface area contributed by atoms with Crippen molar-refractivity contribution in [2.75, 3.05) is 6.54 Å². The molecular formula is C21H24N2O5S2. The average Bonchev–Trinajstić information content (AvgIpc) is 2.92. The number of hydrogen-bond donors (Lipinski definition) is 1. The number of carbonyl (C=O) groups excluding carboxylic acids is 1. The Morgan fingerprint density at radius 2 is 1.37 bits per heavy atom. The first-order chi connectivity index (χ1) is 14.3. The highest BCUT2D eigenvalue weighted by molar-refractivity contribution is 7.92. The van der Waals surface area contributed by atoms with Crippen LogP contribution >= 0.6 is 0 Å². The molecule has 0 spiro atoms. The number of sulfonamides is 1. The van der Waals surface area contributed by atoms with E-state index in [0.29, 0.717) is 12.8 Å². The smallest absolute Gasteiger partial charge is 0.243 e. The summed E-state index contributed by atoms with van der Waals surface area (Å²) in [4.78, 5) is 12.9. The van der Waals surface area contributed by atoms with Gasteiger partial charge in [0.05, 0.1) is 16.3 Å². The highest BCUT2D eigenvalue weighted by Crippen LogP contribution is 2.38. The fourth-order valence-corrected chi connectivity index (χ4v) is 8.05. The zero-order valence-electron chi connectivity index (χ0n) is 16.3. The summed E-state index contributed by atoms with van der Waals surface area (Å²) in [6.07, 6.45) is 2.63. The van der Waals surface area contributed by atoms with E-state index >= 15 is 0 Å². The van der Waals surface area contributed by atoms with Gasteiger partial charge in [-0.05, 0) is 37.1 Å². The second-order valence-corrected chi connectivity index (χ2v) is 11.7. The quantitative estimate of drug-likeness (QED) is 0.773. The Labute approximate surface area is 177 Å². The molecule has 3 atom stereocenters. The molecule has 9 heteroatoms. The molecule has 0 aromatic heterocycles. The lowest BCUT2D eigenvalue weighted by Crippen LogP contribution is -2.50. The van der Waals surface area contributed by atoms with Crippen molar-refractivity contribution in [1.29, 1.82) is 0 Å². The van der Waals surface area contributed by atoms with Gasteiger partial charge in [0, 0.05) is 12.0 Å². The van der Waals surface area contributed by atoms with Crippen molar-refractivity contribution in [2.24, 2.45) is 5.92 Å².